The molecule has 13 heavy (non-hydrogen) atoms. The third-order valence-corrected chi connectivity index (χ3v) is 1.72. The van der Waals surface area contributed by atoms with E-state index in [0.717, 1.165) is 12.0 Å². The van der Waals surface area contributed by atoms with E-state index in [1.165, 1.54) is 0 Å². The number of carbonyl (C=O) groups is 1. The topological polar surface area (TPSA) is 47.8 Å². The first kappa shape index (κ1) is 7.67. The predicted molar refractivity (Wildman–Crippen MR) is 46.7 cm³/mol. The van der Waals surface area contributed by atoms with Crippen molar-refractivity contribution in [1.82, 2.24) is 14.8 Å². The Morgan fingerprint density at radius 1 is 1.23 bits per heavy atom. The van der Waals surface area contributed by atoms with E-state index in [0.29, 0.717) is 5.56 Å². The van der Waals surface area contributed by atoms with Crippen molar-refractivity contribution in [3.05, 3.63) is 42.5 Å². The smallest absolute Gasteiger partial charge is 0.150 e. The Labute approximate surface area is 74.8 Å². The molecule has 0 unspecified atom stereocenters. The van der Waals surface area contributed by atoms with Gasteiger partial charge in [0.05, 0.1) is 0 Å². The van der Waals surface area contributed by atoms with E-state index in [9.17, 15) is 4.79 Å². The van der Waals surface area contributed by atoms with E-state index in [2.05, 4.69) is 10.2 Å². The second-order valence-electron chi connectivity index (χ2n) is 2.58. The zero-order chi connectivity index (χ0) is 9.10. The molecule has 0 atom stereocenters. The van der Waals surface area contributed by atoms with Crippen molar-refractivity contribution in [2.75, 3.05) is 0 Å². The van der Waals surface area contributed by atoms with Gasteiger partial charge < -0.3 is 0 Å². The molecule has 1 aromatic carbocycles. The standard InChI is InChI=1S/C9H7N3O/c13-5-8-2-1-3-9(4-8)12-6-10-11-7-12/h1-7H. The van der Waals surface area contributed by atoms with Crippen LogP contribution >= 0.6 is 0 Å². The molecule has 2 rings (SSSR count). The first-order chi connectivity index (χ1) is 6.40. The summed E-state index contributed by atoms with van der Waals surface area (Å²) in [6, 6.07) is 7.23. The molecule has 0 aliphatic rings. The highest BCUT2D eigenvalue weighted by Gasteiger charge is 1.96. The van der Waals surface area contributed by atoms with Gasteiger partial charge in [-0.3, -0.25) is 9.36 Å². The molecule has 0 fully saturated rings. The van der Waals surface area contributed by atoms with Crippen LogP contribution in [0.2, 0.25) is 0 Å². The Bertz CT molecular complexity index is 409. The van der Waals surface area contributed by atoms with Gasteiger partial charge in [-0.05, 0) is 12.1 Å². The van der Waals surface area contributed by atoms with Gasteiger partial charge in [0.15, 0.2) is 0 Å². The summed E-state index contributed by atoms with van der Waals surface area (Å²) < 4.78 is 1.74. The van der Waals surface area contributed by atoms with Crippen molar-refractivity contribution in [2.24, 2.45) is 0 Å². The van der Waals surface area contributed by atoms with E-state index >= 15 is 0 Å². The van der Waals surface area contributed by atoms with Gasteiger partial charge in [-0.15, -0.1) is 10.2 Å². The number of nitrogens with zero attached hydrogens (tertiary/aromatic N) is 3. The lowest BCUT2D eigenvalue weighted by Gasteiger charge is -1.99. The lowest BCUT2D eigenvalue weighted by molar-refractivity contribution is 0.112. The zero-order valence-electron chi connectivity index (χ0n) is 6.79. The number of aldehydes is 1. The summed E-state index contributed by atoms with van der Waals surface area (Å²) in [6.45, 7) is 0. The van der Waals surface area contributed by atoms with Crippen LogP contribution in [-0.4, -0.2) is 21.1 Å². The van der Waals surface area contributed by atoms with Gasteiger partial charge in [0, 0.05) is 11.3 Å². The van der Waals surface area contributed by atoms with Crippen LogP contribution in [-0.2, 0) is 0 Å². The van der Waals surface area contributed by atoms with Gasteiger partial charge in [0.2, 0.25) is 0 Å². The molecule has 64 valence electrons. The monoisotopic (exact) mass is 173 g/mol. The Hall–Kier alpha value is -1.97. The molecule has 0 amide bonds. The summed E-state index contributed by atoms with van der Waals surface area (Å²) in [5, 5.41) is 7.36. The van der Waals surface area contributed by atoms with Crippen LogP contribution in [0.1, 0.15) is 10.4 Å². The van der Waals surface area contributed by atoms with E-state index < -0.39 is 0 Å². The van der Waals surface area contributed by atoms with Gasteiger partial charge in [-0.1, -0.05) is 12.1 Å². The SMILES string of the molecule is O=Cc1cccc(-n2cnnc2)c1. The first-order valence-electron chi connectivity index (χ1n) is 3.80. The van der Waals surface area contributed by atoms with Crippen LogP contribution in [0.15, 0.2) is 36.9 Å². The fraction of sp³-hybridized carbons (Fsp3) is 0. The Kier molecular flexibility index (Phi) is 1.88. The van der Waals surface area contributed by atoms with Gasteiger partial charge in [-0.2, -0.15) is 0 Å². The molecular weight excluding hydrogens is 166 g/mol. The van der Waals surface area contributed by atoms with E-state index in [-0.39, 0.29) is 0 Å². The number of hydrogen-bond donors (Lipinski definition) is 0. The van der Waals surface area contributed by atoms with E-state index in [1.54, 1.807) is 29.4 Å². The van der Waals surface area contributed by atoms with E-state index in [1.807, 2.05) is 12.1 Å². The number of benzene rings is 1. The van der Waals surface area contributed by atoms with Crippen LogP contribution < -0.4 is 0 Å². The molecule has 1 aromatic heterocycles. The van der Waals surface area contributed by atoms with Crippen molar-refractivity contribution < 1.29 is 4.79 Å². The summed E-state index contributed by atoms with van der Waals surface area (Å²) in [5.74, 6) is 0. The molecule has 0 aliphatic heterocycles. The predicted octanol–water partition coefficient (Wildman–Crippen LogP) is 1.08. The summed E-state index contributed by atoms with van der Waals surface area (Å²) in [7, 11) is 0. The maximum atomic E-state index is 10.5. The van der Waals surface area contributed by atoms with E-state index in [4.69, 9.17) is 0 Å². The van der Waals surface area contributed by atoms with Gasteiger partial charge in [0.25, 0.3) is 0 Å². The molecule has 0 aliphatic carbocycles. The maximum Gasteiger partial charge on any atom is 0.150 e. The highest BCUT2D eigenvalue weighted by atomic mass is 16.1. The fourth-order valence-electron chi connectivity index (χ4n) is 1.09. The minimum Gasteiger partial charge on any atom is -0.298 e. The van der Waals surface area contributed by atoms with Crippen molar-refractivity contribution in [3.63, 3.8) is 0 Å². The Morgan fingerprint density at radius 3 is 2.69 bits per heavy atom. The average molecular weight is 173 g/mol. The van der Waals surface area contributed by atoms with Crippen LogP contribution in [0, 0.1) is 0 Å². The summed E-state index contributed by atoms with van der Waals surface area (Å²) in [6.07, 6.45) is 3.99. The second-order valence-corrected chi connectivity index (χ2v) is 2.58. The van der Waals surface area contributed by atoms with Gasteiger partial charge in [-0.25, -0.2) is 0 Å². The fourth-order valence-corrected chi connectivity index (χ4v) is 1.09. The third-order valence-electron chi connectivity index (χ3n) is 1.72. The molecule has 2 aromatic rings. The van der Waals surface area contributed by atoms with Gasteiger partial charge >= 0.3 is 0 Å². The largest absolute Gasteiger partial charge is 0.298 e. The van der Waals surface area contributed by atoms with Crippen molar-refractivity contribution in [1.29, 1.82) is 0 Å². The molecule has 4 nitrogen and oxygen atoms in total. The highest BCUT2D eigenvalue weighted by Crippen LogP contribution is 2.07. The molecule has 0 bridgehead atoms. The van der Waals surface area contributed by atoms with Gasteiger partial charge in [0.1, 0.15) is 18.9 Å². The number of hydrogen-bond acceptors (Lipinski definition) is 3. The van der Waals surface area contributed by atoms with Crippen molar-refractivity contribution in [3.8, 4) is 5.69 Å². The number of aromatic nitrogens is 3. The van der Waals surface area contributed by atoms with Crippen molar-refractivity contribution in [2.45, 2.75) is 0 Å². The number of rotatable bonds is 2. The summed E-state index contributed by atoms with van der Waals surface area (Å²) in [4.78, 5) is 10.5. The minimum absolute atomic E-state index is 0.645. The lowest BCUT2D eigenvalue weighted by Crippen LogP contribution is -1.91. The Balaban J connectivity index is 2.47. The molecule has 0 spiro atoms. The molecule has 0 saturated carbocycles. The van der Waals surface area contributed by atoms with Crippen LogP contribution in [0.5, 0.6) is 0 Å². The molecule has 4 heteroatoms. The maximum absolute atomic E-state index is 10.5. The normalized spacial score (nSPS) is 9.85. The lowest BCUT2D eigenvalue weighted by atomic mass is 10.2. The van der Waals surface area contributed by atoms with Crippen LogP contribution in [0.3, 0.4) is 0 Å². The number of carbonyl (C=O) groups excluding carboxylic acids is 1. The molecular formula is C9H7N3O. The molecule has 0 radical (unpaired) electrons. The first-order valence-corrected chi connectivity index (χ1v) is 3.80. The minimum atomic E-state index is 0.645. The average Bonchev–Trinajstić information content (AvgIpc) is 2.71. The molecule has 1 heterocycles. The van der Waals surface area contributed by atoms with Crippen molar-refractivity contribution >= 4 is 6.29 Å². The quantitative estimate of drug-likeness (QED) is 0.638. The Morgan fingerprint density at radius 2 is 2.00 bits per heavy atom. The van der Waals surface area contributed by atoms with Crippen LogP contribution in [0.4, 0.5) is 0 Å². The molecule has 0 N–H and O–H groups in total. The third kappa shape index (κ3) is 1.46. The second kappa shape index (κ2) is 3.18. The summed E-state index contributed by atoms with van der Waals surface area (Å²) in [5.41, 5.74) is 1.53. The zero-order valence-corrected chi connectivity index (χ0v) is 6.79. The molecule has 0 saturated heterocycles. The summed E-state index contributed by atoms with van der Waals surface area (Å²) >= 11 is 0. The van der Waals surface area contributed by atoms with Crippen LogP contribution in [0.25, 0.3) is 5.69 Å². The highest BCUT2D eigenvalue weighted by molar-refractivity contribution is 5.75.